The Balaban J connectivity index is 1.49. The van der Waals surface area contributed by atoms with Crippen molar-refractivity contribution in [2.24, 2.45) is 0 Å². The van der Waals surface area contributed by atoms with Gasteiger partial charge in [-0.15, -0.1) is 5.10 Å². The van der Waals surface area contributed by atoms with E-state index in [1.807, 2.05) is 37.3 Å². The van der Waals surface area contributed by atoms with E-state index in [2.05, 4.69) is 30.8 Å². The van der Waals surface area contributed by atoms with E-state index >= 15 is 0 Å². The van der Waals surface area contributed by atoms with Gasteiger partial charge in [0, 0.05) is 50.9 Å². The van der Waals surface area contributed by atoms with E-state index in [9.17, 15) is 4.79 Å². The van der Waals surface area contributed by atoms with Gasteiger partial charge in [0.1, 0.15) is 0 Å². The molecule has 1 saturated heterocycles. The van der Waals surface area contributed by atoms with E-state index in [1.165, 1.54) is 0 Å². The summed E-state index contributed by atoms with van der Waals surface area (Å²) in [5.41, 5.74) is 2.70. The molecule has 1 aliphatic rings. The number of aromatic nitrogens is 4. The molecule has 1 aliphatic heterocycles. The lowest BCUT2D eigenvalue weighted by molar-refractivity contribution is 0.0941. The molecule has 1 fully saturated rings. The Morgan fingerprint density at radius 3 is 2.89 bits per heavy atom. The summed E-state index contributed by atoms with van der Waals surface area (Å²) in [4.78, 5) is 19.3. The molecule has 0 bridgehead atoms. The maximum absolute atomic E-state index is 12.5. The Morgan fingerprint density at radius 2 is 2.04 bits per heavy atom. The zero-order valence-corrected chi connectivity index (χ0v) is 15.4. The average molecular weight is 365 g/mol. The van der Waals surface area contributed by atoms with E-state index in [-0.39, 0.29) is 5.91 Å². The number of hydrogen-bond acceptors (Lipinski definition) is 6. The summed E-state index contributed by atoms with van der Waals surface area (Å²) >= 11 is 0. The molecule has 0 radical (unpaired) electrons. The molecule has 3 aromatic rings. The van der Waals surface area contributed by atoms with E-state index in [4.69, 9.17) is 0 Å². The van der Waals surface area contributed by atoms with Gasteiger partial charge in [0.25, 0.3) is 5.91 Å². The Morgan fingerprint density at radius 1 is 1.22 bits per heavy atom. The maximum atomic E-state index is 12.5. The molecule has 1 amide bonds. The molecule has 2 aromatic heterocycles. The van der Waals surface area contributed by atoms with Crippen molar-refractivity contribution >= 4 is 16.8 Å². The quantitative estimate of drug-likeness (QED) is 0.694. The fraction of sp³-hybridized carbons (Fsp3) is 0.368. The third kappa shape index (κ3) is 3.67. The smallest absolute Gasteiger partial charge is 0.273 e. The van der Waals surface area contributed by atoms with Crippen molar-refractivity contribution in [3.8, 4) is 5.69 Å². The van der Waals surface area contributed by atoms with Crippen LogP contribution in [0.5, 0.6) is 0 Å². The van der Waals surface area contributed by atoms with Crippen LogP contribution in [0, 0.1) is 6.92 Å². The lowest BCUT2D eigenvalue weighted by Gasteiger charge is -2.26. The van der Waals surface area contributed by atoms with E-state index in [1.54, 1.807) is 10.9 Å². The zero-order chi connectivity index (χ0) is 18.6. The van der Waals surface area contributed by atoms with Crippen LogP contribution in [0.4, 0.5) is 0 Å². The molecule has 0 spiro atoms. The van der Waals surface area contributed by atoms with Crippen LogP contribution in [0.15, 0.2) is 36.5 Å². The molecular formula is C19H23N7O. The largest absolute Gasteiger partial charge is 0.349 e. The number of pyridine rings is 1. The Bertz CT molecular complexity index is 941. The average Bonchev–Trinajstić information content (AvgIpc) is 3.09. The normalized spacial score (nSPS) is 15.1. The van der Waals surface area contributed by atoms with Crippen LogP contribution in [0.3, 0.4) is 0 Å². The third-order valence-electron chi connectivity index (χ3n) is 4.87. The number of fused-ring (bicyclic) bond motifs is 1. The van der Waals surface area contributed by atoms with Crippen LogP contribution < -0.4 is 10.6 Å². The Kier molecular flexibility index (Phi) is 5.08. The second kappa shape index (κ2) is 7.81. The van der Waals surface area contributed by atoms with E-state index < -0.39 is 0 Å². The van der Waals surface area contributed by atoms with Crippen molar-refractivity contribution in [2.45, 2.75) is 6.92 Å². The Labute approximate surface area is 157 Å². The second-order valence-corrected chi connectivity index (χ2v) is 6.64. The molecule has 0 aliphatic carbocycles. The van der Waals surface area contributed by atoms with Gasteiger partial charge in [-0.1, -0.05) is 23.4 Å². The van der Waals surface area contributed by atoms with Gasteiger partial charge < -0.3 is 10.6 Å². The van der Waals surface area contributed by atoms with Crippen LogP contribution in [-0.4, -0.2) is 70.1 Å². The topological polar surface area (TPSA) is 88.0 Å². The molecule has 0 unspecified atom stereocenters. The van der Waals surface area contributed by atoms with Crippen LogP contribution in [0.25, 0.3) is 16.6 Å². The summed E-state index contributed by atoms with van der Waals surface area (Å²) < 4.78 is 1.68. The summed E-state index contributed by atoms with van der Waals surface area (Å²) in [6.07, 6.45) is 1.75. The number of carbonyl (C=O) groups excluding carboxylic acids is 1. The lowest BCUT2D eigenvalue weighted by atomic mass is 10.2. The Hall–Kier alpha value is -2.84. The standard InChI is InChI=1S/C19H23N7O/c1-14-17(19(27)22-10-13-25-11-8-20-9-12-25)23-24-26(14)16-6-2-4-15-5-3-7-21-18(15)16/h2-7,20H,8-13H2,1H3,(H,22,27). The van der Waals surface area contributed by atoms with Crippen molar-refractivity contribution in [1.82, 2.24) is 35.5 Å². The van der Waals surface area contributed by atoms with Crippen molar-refractivity contribution in [3.63, 3.8) is 0 Å². The molecular weight excluding hydrogens is 342 g/mol. The SMILES string of the molecule is Cc1c(C(=O)NCCN2CCNCC2)nnn1-c1cccc2cccnc12. The van der Waals surface area contributed by atoms with Crippen molar-refractivity contribution < 1.29 is 4.79 Å². The first-order valence-electron chi connectivity index (χ1n) is 9.22. The summed E-state index contributed by atoms with van der Waals surface area (Å²) in [5, 5.41) is 15.6. The van der Waals surface area contributed by atoms with Gasteiger partial charge in [0.15, 0.2) is 5.69 Å². The molecule has 8 heteroatoms. The van der Waals surface area contributed by atoms with E-state index in [0.29, 0.717) is 17.9 Å². The number of piperazine rings is 1. The molecule has 140 valence electrons. The molecule has 2 N–H and O–H groups in total. The molecule has 27 heavy (non-hydrogen) atoms. The summed E-state index contributed by atoms with van der Waals surface area (Å²) in [6, 6.07) is 9.79. The fourth-order valence-corrected chi connectivity index (χ4v) is 3.37. The van der Waals surface area contributed by atoms with Crippen LogP contribution in [0.2, 0.25) is 0 Å². The number of benzene rings is 1. The lowest BCUT2D eigenvalue weighted by Crippen LogP contribution is -2.46. The predicted octanol–water partition coefficient (Wildman–Crippen LogP) is 0.759. The highest BCUT2D eigenvalue weighted by Gasteiger charge is 2.19. The van der Waals surface area contributed by atoms with Crippen LogP contribution in [-0.2, 0) is 0 Å². The minimum Gasteiger partial charge on any atom is -0.349 e. The summed E-state index contributed by atoms with van der Waals surface area (Å²) in [7, 11) is 0. The zero-order valence-electron chi connectivity index (χ0n) is 15.4. The number of nitrogens with zero attached hydrogens (tertiary/aromatic N) is 5. The van der Waals surface area contributed by atoms with Crippen molar-refractivity contribution in [2.75, 3.05) is 39.3 Å². The molecule has 3 heterocycles. The number of rotatable bonds is 5. The maximum Gasteiger partial charge on any atom is 0.273 e. The number of nitrogens with one attached hydrogen (secondary N) is 2. The van der Waals surface area contributed by atoms with Crippen molar-refractivity contribution in [1.29, 1.82) is 0 Å². The minimum absolute atomic E-state index is 0.193. The van der Waals surface area contributed by atoms with Gasteiger partial charge >= 0.3 is 0 Å². The predicted molar refractivity (Wildman–Crippen MR) is 103 cm³/mol. The molecule has 4 rings (SSSR count). The van der Waals surface area contributed by atoms with Gasteiger partial charge in [-0.05, 0) is 19.1 Å². The van der Waals surface area contributed by atoms with Gasteiger partial charge in [0.05, 0.1) is 16.9 Å². The van der Waals surface area contributed by atoms with Crippen molar-refractivity contribution in [3.05, 3.63) is 47.9 Å². The number of hydrogen-bond donors (Lipinski definition) is 2. The molecule has 0 atom stereocenters. The summed E-state index contributed by atoms with van der Waals surface area (Å²) in [6.45, 7) is 7.32. The highest BCUT2D eigenvalue weighted by atomic mass is 16.2. The second-order valence-electron chi connectivity index (χ2n) is 6.64. The van der Waals surface area contributed by atoms with Gasteiger partial charge in [-0.25, -0.2) is 4.68 Å². The summed E-state index contributed by atoms with van der Waals surface area (Å²) in [5.74, 6) is -0.193. The van der Waals surface area contributed by atoms with Gasteiger partial charge in [-0.2, -0.15) is 0 Å². The number of para-hydroxylation sites is 1. The highest BCUT2D eigenvalue weighted by molar-refractivity contribution is 5.93. The third-order valence-corrected chi connectivity index (χ3v) is 4.87. The monoisotopic (exact) mass is 365 g/mol. The van der Waals surface area contributed by atoms with Crippen LogP contribution >= 0.6 is 0 Å². The molecule has 8 nitrogen and oxygen atoms in total. The molecule has 1 aromatic carbocycles. The first-order chi connectivity index (χ1) is 13.2. The minimum atomic E-state index is -0.193. The van der Waals surface area contributed by atoms with E-state index in [0.717, 1.165) is 49.3 Å². The molecule has 0 saturated carbocycles. The first kappa shape index (κ1) is 17.6. The first-order valence-corrected chi connectivity index (χ1v) is 9.22. The van der Waals surface area contributed by atoms with Gasteiger partial charge in [0.2, 0.25) is 0 Å². The van der Waals surface area contributed by atoms with Gasteiger partial charge in [-0.3, -0.25) is 14.7 Å². The number of carbonyl (C=O) groups is 1. The highest BCUT2D eigenvalue weighted by Crippen LogP contribution is 2.21. The van der Waals surface area contributed by atoms with Crippen LogP contribution in [0.1, 0.15) is 16.2 Å². The fourth-order valence-electron chi connectivity index (χ4n) is 3.37. The number of amides is 1.